The van der Waals surface area contributed by atoms with Gasteiger partial charge in [0.2, 0.25) is 0 Å². The summed E-state index contributed by atoms with van der Waals surface area (Å²) in [6.07, 6.45) is 1.04. The van der Waals surface area contributed by atoms with E-state index in [0.717, 1.165) is 5.57 Å². The molecule has 144 valence electrons. The first-order valence-corrected chi connectivity index (χ1v) is 9.26. The molecule has 4 rings (SSSR count). The fourth-order valence-electron chi connectivity index (χ4n) is 4.57. The van der Waals surface area contributed by atoms with E-state index in [4.69, 9.17) is 21.1 Å². The van der Waals surface area contributed by atoms with Crippen LogP contribution in [0.2, 0.25) is 5.02 Å². The Morgan fingerprint density at radius 2 is 1.93 bits per heavy atom. The number of esters is 2. The number of hydrogen-bond acceptors (Lipinski definition) is 5. The average molecular weight is 394 g/mol. The Hall–Kier alpha value is -1.92. The van der Waals surface area contributed by atoms with Gasteiger partial charge in [-0.3, -0.25) is 9.69 Å². The fourth-order valence-corrected chi connectivity index (χ4v) is 4.69. The van der Waals surface area contributed by atoms with Gasteiger partial charge < -0.3 is 9.47 Å². The Labute approximate surface area is 162 Å². The van der Waals surface area contributed by atoms with Gasteiger partial charge in [0.15, 0.2) is 0 Å². The van der Waals surface area contributed by atoms with Crippen LogP contribution in [0.4, 0.5) is 4.39 Å². The normalized spacial score (nSPS) is 29.0. The summed E-state index contributed by atoms with van der Waals surface area (Å²) >= 11 is 5.80. The third-order valence-corrected chi connectivity index (χ3v) is 5.91. The molecule has 27 heavy (non-hydrogen) atoms. The van der Waals surface area contributed by atoms with Crippen molar-refractivity contribution in [2.75, 3.05) is 7.11 Å². The molecule has 1 aromatic rings. The molecule has 3 unspecified atom stereocenters. The maximum Gasteiger partial charge on any atom is 0.335 e. The highest BCUT2D eigenvalue weighted by Gasteiger charge is 2.74. The van der Waals surface area contributed by atoms with Crippen LogP contribution in [0.15, 0.2) is 23.8 Å². The summed E-state index contributed by atoms with van der Waals surface area (Å²) in [5, 5.41) is 0.0250. The summed E-state index contributed by atoms with van der Waals surface area (Å²) in [5.41, 5.74) is 0.534. The van der Waals surface area contributed by atoms with Crippen molar-refractivity contribution < 1.29 is 23.5 Å². The van der Waals surface area contributed by atoms with Crippen molar-refractivity contribution in [3.05, 3.63) is 40.2 Å². The van der Waals surface area contributed by atoms with E-state index >= 15 is 0 Å². The zero-order chi connectivity index (χ0) is 19.7. The van der Waals surface area contributed by atoms with Crippen LogP contribution in [0.3, 0.4) is 0 Å². The summed E-state index contributed by atoms with van der Waals surface area (Å²) in [6, 6.07) is 4.16. The molecule has 3 heterocycles. The van der Waals surface area contributed by atoms with Crippen molar-refractivity contribution >= 4 is 29.1 Å². The predicted molar refractivity (Wildman–Crippen MR) is 97.6 cm³/mol. The van der Waals surface area contributed by atoms with E-state index in [1.54, 1.807) is 6.07 Å². The topological polar surface area (TPSA) is 55.8 Å². The quantitative estimate of drug-likeness (QED) is 0.737. The van der Waals surface area contributed by atoms with Crippen LogP contribution >= 0.6 is 11.6 Å². The van der Waals surface area contributed by atoms with Gasteiger partial charge in [0.25, 0.3) is 0 Å². The minimum atomic E-state index is -0.700. The molecule has 0 N–H and O–H groups in total. The highest BCUT2D eigenvalue weighted by Crippen LogP contribution is 2.63. The molecule has 2 saturated heterocycles. The first-order valence-electron chi connectivity index (χ1n) is 8.89. The van der Waals surface area contributed by atoms with Crippen molar-refractivity contribution in [1.29, 1.82) is 0 Å². The number of carbonyl (C=O) groups is 2. The monoisotopic (exact) mass is 393 g/mol. The van der Waals surface area contributed by atoms with Crippen molar-refractivity contribution in [2.45, 2.75) is 56.8 Å². The Morgan fingerprint density at radius 1 is 1.26 bits per heavy atom. The van der Waals surface area contributed by atoms with Crippen LogP contribution < -0.4 is 0 Å². The predicted octanol–water partition coefficient (Wildman–Crippen LogP) is 3.35. The molecule has 7 heteroatoms. The van der Waals surface area contributed by atoms with E-state index in [2.05, 4.69) is 0 Å². The molecule has 3 aliphatic heterocycles. The minimum absolute atomic E-state index is 0.0250. The van der Waals surface area contributed by atoms with E-state index in [1.165, 1.54) is 19.2 Å². The van der Waals surface area contributed by atoms with E-state index in [-0.39, 0.29) is 23.1 Å². The standard InChI is InChI=1S/C20H21ClFNO4/c1-19(2,3)27-18(25)20-8-13-15(10-5-6-11(21)12(22)7-10)16(17(24)26-4)14(9-20)23(13)20/h5-7,13-14H,8-9H2,1-4H3. The Bertz CT molecular complexity index is 890. The third kappa shape index (κ3) is 2.53. The first kappa shape index (κ1) is 18.4. The van der Waals surface area contributed by atoms with Crippen LogP contribution in [0.1, 0.15) is 39.2 Å². The van der Waals surface area contributed by atoms with Gasteiger partial charge in [-0.05, 0) is 56.9 Å². The van der Waals surface area contributed by atoms with Gasteiger partial charge in [-0.25, -0.2) is 9.18 Å². The van der Waals surface area contributed by atoms with Crippen LogP contribution in [-0.4, -0.2) is 47.2 Å². The molecule has 0 spiro atoms. The van der Waals surface area contributed by atoms with Gasteiger partial charge in [0, 0.05) is 12.1 Å². The summed E-state index contributed by atoms with van der Waals surface area (Å²) in [4.78, 5) is 27.2. The van der Waals surface area contributed by atoms with Crippen LogP contribution in [0.5, 0.6) is 0 Å². The smallest absolute Gasteiger partial charge is 0.335 e. The lowest BCUT2D eigenvalue weighted by molar-refractivity contribution is -0.212. The molecule has 0 saturated carbocycles. The number of benzene rings is 1. The minimum Gasteiger partial charge on any atom is -0.466 e. The summed E-state index contributed by atoms with van der Waals surface area (Å²) < 4.78 is 24.6. The largest absolute Gasteiger partial charge is 0.466 e. The Kier molecular flexibility index (Phi) is 3.95. The molecule has 5 nitrogen and oxygen atoms in total. The van der Waals surface area contributed by atoms with Crippen molar-refractivity contribution in [3.8, 4) is 0 Å². The summed E-state index contributed by atoms with van der Waals surface area (Å²) in [6.45, 7) is 5.49. The molecule has 0 aliphatic carbocycles. The van der Waals surface area contributed by atoms with Gasteiger partial charge in [0.05, 0.1) is 17.7 Å². The van der Waals surface area contributed by atoms with Crippen LogP contribution in [0, 0.1) is 5.82 Å². The second-order valence-electron chi connectivity index (χ2n) is 8.33. The number of rotatable bonds is 3. The second-order valence-corrected chi connectivity index (χ2v) is 8.74. The highest BCUT2D eigenvalue weighted by molar-refractivity contribution is 6.30. The highest BCUT2D eigenvalue weighted by atomic mass is 35.5. The van der Waals surface area contributed by atoms with E-state index in [0.29, 0.717) is 24.0 Å². The van der Waals surface area contributed by atoms with Gasteiger partial charge in [-0.15, -0.1) is 0 Å². The summed E-state index contributed by atoms with van der Waals surface area (Å²) in [7, 11) is 1.32. The van der Waals surface area contributed by atoms with Crippen molar-refractivity contribution in [1.82, 2.24) is 4.90 Å². The number of piperidine rings is 1. The SMILES string of the molecule is COC(=O)C1=C(c2ccc(Cl)c(F)c2)C2CC3(C(=O)OC(C)(C)C)CC1N23. The van der Waals surface area contributed by atoms with E-state index in [1.807, 2.05) is 25.7 Å². The molecule has 0 bridgehead atoms. The van der Waals surface area contributed by atoms with E-state index in [9.17, 15) is 14.0 Å². The summed E-state index contributed by atoms with van der Waals surface area (Å²) in [5.74, 6) is -1.26. The number of hydrogen-bond donors (Lipinski definition) is 0. The molecular formula is C20H21ClFNO4. The molecule has 0 radical (unpaired) electrons. The van der Waals surface area contributed by atoms with Gasteiger partial charge >= 0.3 is 11.9 Å². The molecule has 2 fully saturated rings. The van der Waals surface area contributed by atoms with Crippen LogP contribution in [0.25, 0.3) is 5.57 Å². The molecule has 0 amide bonds. The number of nitrogens with zero attached hydrogens (tertiary/aromatic N) is 1. The van der Waals surface area contributed by atoms with Crippen LogP contribution in [-0.2, 0) is 19.1 Å². The lowest BCUT2D eigenvalue weighted by Gasteiger charge is -2.65. The lowest BCUT2D eigenvalue weighted by atomic mass is 9.66. The number of methoxy groups -OCH3 is 1. The number of halogens is 2. The number of ether oxygens (including phenoxy) is 2. The molecule has 3 aliphatic rings. The molecule has 3 atom stereocenters. The molecule has 1 aromatic carbocycles. The fraction of sp³-hybridized carbons (Fsp3) is 0.500. The lowest BCUT2D eigenvalue weighted by Crippen LogP contribution is -2.80. The number of carbonyl (C=O) groups excluding carboxylic acids is 2. The van der Waals surface area contributed by atoms with Gasteiger partial charge in [-0.1, -0.05) is 17.7 Å². The third-order valence-electron chi connectivity index (χ3n) is 5.60. The average Bonchev–Trinajstić information content (AvgIpc) is 2.67. The van der Waals surface area contributed by atoms with Gasteiger partial charge in [-0.2, -0.15) is 0 Å². The zero-order valence-corrected chi connectivity index (χ0v) is 16.4. The first-order chi connectivity index (χ1) is 12.6. The second kappa shape index (κ2) is 5.79. The van der Waals surface area contributed by atoms with Crippen molar-refractivity contribution in [2.24, 2.45) is 0 Å². The van der Waals surface area contributed by atoms with Crippen molar-refractivity contribution in [3.63, 3.8) is 0 Å². The maximum absolute atomic E-state index is 14.0. The molecule has 0 aromatic heterocycles. The Morgan fingerprint density at radius 3 is 2.52 bits per heavy atom. The Balaban J connectivity index is 1.70. The van der Waals surface area contributed by atoms with Gasteiger partial charge in [0.1, 0.15) is 17.0 Å². The maximum atomic E-state index is 14.0. The van der Waals surface area contributed by atoms with E-state index < -0.39 is 22.9 Å². The molecular weight excluding hydrogens is 373 g/mol. The zero-order valence-electron chi connectivity index (χ0n) is 15.6.